The van der Waals surface area contributed by atoms with Gasteiger partial charge in [-0.25, -0.2) is 13.1 Å². The van der Waals surface area contributed by atoms with E-state index >= 15 is 0 Å². The summed E-state index contributed by atoms with van der Waals surface area (Å²) in [5.41, 5.74) is 0.819. The Bertz CT molecular complexity index is 886. The molecule has 2 heterocycles. The maximum absolute atomic E-state index is 12.4. The second kappa shape index (κ2) is 6.53. The molecule has 3 aromatic rings. The van der Waals surface area contributed by atoms with Gasteiger partial charge in [0.2, 0.25) is 10.0 Å². The molecule has 0 unspecified atom stereocenters. The van der Waals surface area contributed by atoms with Gasteiger partial charge in [0.15, 0.2) is 5.76 Å². The fourth-order valence-corrected chi connectivity index (χ4v) is 4.30. The summed E-state index contributed by atoms with van der Waals surface area (Å²) >= 11 is 1.13. The third-order valence-electron chi connectivity index (χ3n) is 3.13. The Morgan fingerprint density at radius 2 is 2.13 bits per heavy atom. The molecule has 0 saturated carbocycles. The van der Waals surface area contributed by atoms with Crippen molar-refractivity contribution in [1.82, 2.24) is 9.88 Å². The second-order valence-corrected chi connectivity index (χ2v) is 7.75. The van der Waals surface area contributed by atoms with Crippen LogP contribution in [0.1, 0.15) is 5.56 Å². The molecule has 0 bridgehead atoms. The number of hydrogen-bond acceptors (Lipinski definition) is 6. The molecule has 3 rings (SSSR count). The van der Waals surface area contributed by atoms with E-state index in [4.69, 9.17) is 9.26 Å². The fourth-order valence-electron chi connectivity index (χ4n) is 1.97. The molecule has 0 saturated heterocycles. The predicted molar refractivity (Wildman–Crippen MR) is 86.8 cm³/mol. The number of benzene rings is 1. The first-order valence-corrected chi connectivity index (χ1v) is 9.02. The number of nitrogens with one attached hydrogen (secondary N) is 1. The normalized spacial score (nSPS) is 11.5. The molecular formula is C15H14N2O4S2. The Hall–Kier alpha value is -2.16. The number of sulfonamides is 1. The minimum absolute atomic E-state index is 0.190. The van der Waals surface area contributed by atoms with E-state index in [1.165, 1.54) is 6.20 Å². The lowest BCUT2D eigenvalue weighted by Crippen LogP contribution is -2.22. The average Bonchev–Trinajstić information content (AvgIpc) is 3.24. The van der Waals surface area contributed by atoms with Crippen molar-refractivity contribution in [3.8, 4) is 16.4 Å². The van der Waals surface area contributed by atoms with Crippen molar-refractivity contribution in [3.63, 3.8) is 0 Å². The Balaban J connectivity index is 1.74. The zero-order chi connectivity index (χ0) is 16.3. The summed E-state index contributed by atoms with van der Waals surface area (Å²) < 4.78 is 37.7. The molecule has 0 radical (unpaired) electrons. The van der Waals surface area contributed by atoms with Gasteiger partial charge in [-0.05, 0) is 29.8 Å². The molecule has 0 atom stereocenters. The van der Waals surface area contributed by atoms with Gasteiger partial charge in [-0.3, -0.25) is 0 Å². The molecule has 0 aliphatic rings. The largest absolute Gasteiger partial charge is 0.497 e. The summed E-state index contributed by atoms with van der Waals surface area (Å²) in [6.07, 6.45) is 1.52. The minimum Gasteiger partial charge on any atom is -0.497 e. The van der Waals surface area contributed by atoms with Crippen LogP contribution in [0.25, 0.3) is 10.6 Å². The number of aromatic nitrogens is 1. The SMILES string of the molecule is COc1cccc(CNS(=O)(=O)c2ccc(-c3ccno3)s2)c1. The summed E-state index contributed by atoms with van der Waals surface area (Å²) in [5, 5.41) is 3.62. The van der Waals surface area contributed by atoms with E-state index < -0.39 is 10.0 Å². The molecule has 8 heteroatoms. The topological polar surface area (TPSA) is 81.4 Å². The average molecular weight is 350 g/mol. The van der Waals surface area contributed by atoms with Crippen LogP contribution in [-0.4, -0.2) is 20.7 Å². The third kappa shape index (κ3) is 3.61. The number of rotatable bonds is 6. The van der Waals surface area contributed by atoms with E-state index in [1.54, 1.807) is 37.4 Å². The highest BCUT2D eigenvalue weighted by atomic mass is 32.2. The third-order valence-corrected chi connectivity index (χ3v) is 6.12. The van der Waals surface area contributed by atoms with Crippen molar-refractivity contribution in [2.45, 2.75) is 10.8 Å². The van der Waals surface area contributed by atoms with E-state index in [0.717, 1.165) is 16.9 Å². The van der Waals surface area contributed by atoms with Crippen molar-refractivity contribution >= 4 is 21.4 Å². The highest BCUT2D eigenvalue weighted by Crippen LogP contribution is 2.30. The van der Waals surface area contributed by atoms with Crippen molar-refractivity contribution in [2.24, 2.45) is 0 Å². The molecule has 23 heavy (non-hydrogen) atoms. The van der Waals surface area contributed by atoms with Gasteiger partial charge in [-0.1, -0.05) is 17.3 Å². The van der Waals surface area contributed by atoms with Crippen LogP contribution in [0.2, 0.25) is 0 Å². The molecule has 120 valence electrons. The fraction of sp³-hybridized carbons (Fsp3) is 0.133. The van der Waals surface area contributed by atoms with E-state index in [0.29, 0.717) is 16.4 Å². The predicted octanol–water partition coefficient (Wildman–Crippen LogP) is 2.89. The van der Waals surface area contributed by atoms with Gasteiger partial charge in [0.25, 0.3) is 0 Å². The Morgan fingerprint density at radius 1 is 1.26 bits per heavy atom. The summed E-state index contributed by atoms with van der Waals surface area (Å²) in [4.78, 5) is 0.712. The molecule has 0 aliphatic heterocycles. The molecule has 6 nitrogen and oxygen atoms in total. The Morgan fingerprint density at radius 3 is 2.87 bits per heavy atom. The van der Waals surface area contributed by atoms with Crippen LogP contribution in [0.15, 0.2) is 57.4 Å². The monoisotopic (exact) mass is 350 g/mol. The summed E-state index contributed by atoms with van der Waals surface area (Å²) in [6, 6.07) is 12.2. The molecule has 2 aromatic heterocycles. The zero-order valence-corrected chi connectivity index (χ0v) is 13.9. The lowest BCUT2D eigenvalue weighted by molar-refractivity contribution is 0.414. The number of ether oxygens (including phenoxy) is 1. The first-order chi connectivity index (χ1) is 11.1. The van der Waals surface area contributed by atoms with Gasteiger partial charge in [0, 0.05) is 12.6 Å². The van der Waals surface area contributed by atoms with Gasteiger partial charge >= 0.3 is 0 Å². The second-order valence-electron chi connectivity index (χ2n) is 4.67. The van der Waals surface area contributed by atoms with E-state index in [9.17, 15) is 8.42 Å². The van der Waals surface area contributed by atoms with Gasteiger partial charge in [0.1, 0.15) is 9.96 Å². The van der Waals surface area contributed by atoms with Crippen LogP contribution in [-0.2, 0) is 16.6 Å². The van der Waals surface area contributed by atoms with Gasteiger partial charge in [-0.2, -0.15) is 0 Å². The van der Waals surface area contributed by atoms with Crippen LogP contribution in [0.4, 0.5) is 0 Å². The zero-order valence-electron chi connectivity index (χ0n) is 12.2. The van der Waals surface area contributed by atoms with Gasteiger partial charge in [-0.15, -0.1) is 11.3 Å². The molecule has 0 amide bonds. The smallest absolute Gasteiger partial charge is 0.250 e. The molecule has 1 N–H and O–H groups in total. The molecule has 1 aromatic carbocycles. The minimum atomic E-state index is -3.58. The highest BCUT2D eigenvalue weighted by molar-refractivity contribution is 7.91. The van der Waals surface area contributed by atoms with Gasteiger partial charge < -0.3 is 9.26 Å². The number of thiophene rings is 1. The van der Waals surface area contributed by atoms with Crippen LogP contribution in [0.3, 0.4) is 0 Å². The number of hydrogen-bond donors (Lipinski definition) is 1. The van der Waals surface area contributed by atoms with E-state index in [2.05, 4.69) is 9.88 Å². The number of nitrogens with zero attached hydrogens (tertiary/aromatic N) is 1. The van der Waals surface area contributed by atoms with Crippen LogP contribution in [0, 0.1) is 0 Å². The van der Waals surface area contributed by atoms with E-state index in [1.807, 2.05) is 12.1 Å². The van der Waals surface area contributed by atoms with Crippen LogP contribution in [0.5, 0.6) is 5.75 Å². The van der Waals surface area contributed by atoms with Crippen LogP contribution < -0.4 is 9.46 Å². The first kappa shape index (κ1) is 15.7. The van der Waals surface area contributed by atoms with Crippen molar-refractivity contribution in [2.75, 3.05) is 7.11 Å². The summed E-state index contributed by atoms with van der Waals surface area (Å²) in [5.74, 6) is 1.23. The highest BCUT2D eigenvalue weighted by Gasteiger charge is 2.18. The Labute approximate surface area is 137 Å². The molecule has 0 spiro atoms. The summed E-state index contributed by atoms with van der Waals surface area (Å²) in [7, 11) is -2.01. The van der Waals surface area contributed by atoms with E-state index in [-0.39, 0.29) is 10.8 Å². The van der Waals surface area contributed by atoms with Crippen molar-refractivity contribution in [1.29, 1.82) is 0 Å². The maximum Gasteiger partial charge on any atom is 0.250 e. The Kier molecular flexibility index (Phi) is 4.46. The summed E-state index contributed by atoms with van der Waals surface area (Å²) in [6.45, 7) is 0.190. The lowest BCUT2D eigenvalue weighted by Gasteiger charge is -2.06. The number of methoxy groups -OCH3 is 1. The van der Waals surface area contributed by atoms with Crippen LogP contribution >= 0.6 is 11.3 Å². The standard InChI is InChI=1S/C15H14N2O4S2/c1-20-12-4-2-3-11(9-12)10-17-23(18,19)15-6-5-14(22-15)13-7-8-16-21-13/h2-9,17H,10H2,1H3. The molecule has 0 fully saturated rings. The van der Waals surface area contributed by atoms with Crippen molar-refractivity contribution in [3.05, 3.63) is 54.2 Å². The molecular weight excluding hydrogens is 336 g/mol. The van der Waals surface area contributed by atoms with Crippen molar-refractivity contribution < 1.29 is 17.7 Å². The lowest BCUT2D eigenvalue weighted by atomic mass is 10.2. The quantitative estimate of drug-likeness (QED) is 0.739. The first-order valence-electron chi connectivity index (χ1n) is 6.72. The maximum atomic E-state index is 12.4. The molecule has 0 aliphatic carbocycles. The van der Waals surface area contributed by atoms with Gasteiger partial charge in [0.05, 0.1) is 18.2 Å².